The Labute approximate surface area is 107 Å². The van der Waals surface area contributed by atoms with E-state index in [1.54, 1.807) is 17.5 Å². The van der Waals surface area contributed by atoms with Gasteiger partial charge in [0.05, 0.1) is 18.4 Å². The van der Waals surface area contributed by atoms with Crippen molar-refractivity contribution in [3.63, 3.8) is 0 Å². The number of rotatable bonds is 3. The predicted molar refractivity (Wildman–Crippen MR) is 72.7 cm³/mol. The molecule has 0 aliphatic heterocycles. The van der Waals surface area contributed by atoms with Gasteiger partial charge in [-0.3, -0.25) is 0 Å². The van der Waals surface area contributed by atoms with Gasteiger partial charge in [-0.1, -0.05) is 0 Å². The van der Waals surface area contributed by atoms with Gasteiger partial charge in [0.25, 0.3) is 0 Å². The molecule has 0 bridgehead atoms. The summed E-state index contributed by atoms with van der Waals surface area (Å²) in [5.74, 6) is 0.858. The largest absolute Gasteiger partial charge is 0.397 e. The lowest BCUT2D eigenvalue weighted by Gasteiger charge is -2.06. The fourth-order valence-corrected chi connectivity index (χ4v) is 2.68. The van der Waals surface area contributed by atoms with E-state index in [-0.39, 0.29) is 0 Å². The molecule has 0 atom stereocenters. The Morgan fingerprint density at radius 1 is 1.50 bits per heavy atom. The molecule has 2 aromatic heterocycles. The molecule has 16 heavy (non-hydrogen) atoms. The van der Waals surface area contributed by atoms with Crippen molar-refractivity contribution in [3.05, 3.63) is 38.6 Å². The summed E-state index contributed by atoms with van der Waals surface area (Å²) in [6, 6.07) is 4.06. The minimum atomic E-state index is 0.726. The Morgan fingerprint density at radius 2 is 2.31 bits per heavy atom. The molecule has 0 saturated heterocycles. The minimum absolute atomic E-state index is 0.726. The summed E-state index contributed by atoms with van der Waals surface area (Å²) in [6.07, 6.45) is 1.68. The van der Waals surface area contributed by atoms with Gasteiger partial charge < -0.3 is 11.1 Å². The smallest absolute Gasteiger partial charge is 0.126 e. The van der Waals surface area contributed by atoms with E-state index in [1.807, 2.05) is 13.0 Å². The molecule has 0 aromatic carbocycles. The van der Waals surface area contributed by atoms with Crippen LogP contribution in [0.25, 0.3) is 0 Å². The molecule has 2 rings (SSSR count). The SMILES string of the molecule is Cc1cc(NCc2cc(Br)cs2)ncc1N. The number of nitrogens with zero attached hydrogens (tertiary/aromatic N) is 1. The van der Waals surface area contributed by atoms with Crippen LogP contribution < -0.4 is 11.1 Å². The fourth-order valence-electron chi connectivity index (χ4n) is 1.29. The number of hydrogen-bond acceptors (Lipinski definition) is 4. The van der Waals surface area contributed by atoms with E-state index < -0.39 is 0 Å². The molecule has 0 unspecified atom stereocenters. The zero-order valence-electron chi connectivity index (χ0n) is 8.83. The topological polar surface area (TPSA) is 50.9 Å². The highest BCUT2D eigenvalue weighted by Gasteiger charge is 2.00. The Bertz CT molecular complexity index is 496. The first kappa shape index (κ1) is 11.4. The lowest BCUT2D eigenvalue weighted by atomic mass is 10.2. The van der Waals surface area contributed by atoms with Gasteiger partial charge in [0.1, 0.15) is 5.82 Å². The number of nitrogens with one attached hydrogen (secondary N) is 1. The van der Waals surface area contributed by atoms with Crippen LogP contribution in [0.3, 0.4) is 0 Å². The van der Waals surface area contributed by atoms with Crippen LogP contribution in [0.4, 0.5) is 11.5 Å². The van der Waals surface area contributed by atoms with Gasteiger partial charge in [-0.2, -0.15) is 0 Å². The molecular weight excluding hydrogens is 286 g/mol. The number of aromatic nitrogens is 1. The van der Waals surface area contributed by atoms with Crippen molar-refractivity contribution in [2.24, 2.45) is 0 Å². The first-order valence-corrected chi connectivity index (χ1v) is 6.51. The molecule has 0 spiro atoms. The number of nitrogens with two attached hydrogens (primary N) is 1. The van der Waals surface area contributed by atoms with E-state index in [1.165, 1.54) is 4.88 Å². The maximum Gasteiger partial charge on any atom is 0.126 e. The lowest BCUT2D eigenvalue weighted by molar-refractivity contribution is 1.13. The highest BCUT2D eigenvalue weighted by Crippen LogP contribution is 2.21. The van der Waals surface area contributed by atoms with E-state index in [9.17, 15) is 0 Å². The summed E-state index contributed by atoms with van der Waals surface area (Å²) in [4.78, 5) is 5.48. The molecule has 0 saturated carbocycles. The van der Waals surface area contributed by atoms with Crippen molar-refractivity contribution in [3.8, 4) is 0 Å². The van der Waals surface area contributed by atoms with Crippen molar-refractivity contribution >= 4 is 38.8 Å². The number of pyridine rings is 1. The predicted octanol–water partition coefficient (Wildman–Crippen LogP) is 3.41. The second kappa shape index (κ2) is 4.84. The van der Waals surface area contributed by atoms with Gasteiger partial charge in [0.15, 0.2) is 0 Å². The fraction of sp³-hybridized carbons (Fsp3) is 0.182. The normalized spacial score (nSPS) is 10.4. The molecule has 5 heteroatoms. The van der Waals surface area contributed by atoms with Crippen molar-refractivity contribution in [2.75, 3.05) is 11.1 Å². The molecule has 3 N–H and O–H groups in total. The van der Waals surface area contributed by atoms with E-state index in [2.05, 4.69) is 37.7 Å². The number of anilines is 2. The monoisotopic (exact) mass is 297 g/mol. The summed E-state index contributed by atoms with van der Waals surface area (Å²) in [5.41, 5.74) is 7.48. The Hall–Kier alpha value is -1.07. The quantitative estimate of drug-likeness (QED) is 0.913. The summed E-state index contributed by atoms with van der Waals surface area (Å²) in [7, 11) is 0. The lowest BCUT2D eigenvalue weighted by Crippen LogP contribution is -2.01. The average molecular weight is 298 g/mol. The second-order valence-corrected chi connectivity index (χ2v) is 5.42. The summed E-state index contributed by atoms with van der Waals surface area (Å²) in [5, 5.41) is 5.33. The maximum absolute atomic E-state index is 5.70. The number of hydrogen-bond donors (Lipinski definition) is 2. The summed E-state index contributed by atoms with van der Waals surface area (Å²) >= 11 is 5.14. The third kappa shape index (κ3) is 2.74. The number of nitrogen functional groups attached to an aromatic ring is 1. The molecule has 0 aliphatic carbocycles. The van der Waals surface area contributed by atoms with Crippen LogP contribution >= 0.6 is 27.3 Å². The van der Waals surface area contributed by atoms with E-state index >= 15 is 0 Å². The van der Waals surface area contributed by atoms with Crippen LogP contribution in [0.1, 0.15) is 10.4 Å². The highest BCUT2D eigenvalue weighted by atomic mass is 79.9. The van der Waals surface area contributed by atoms with Crippen LogP contribution in [0.15, 0.2) is 28.2 Å². The molecule has 2 heterocycles. The number of halogens is 1. The minimum Gasteiger partial charge on any atom is -0.397 e. The highest BCUT2D eigenvalue weighted by molar-refractivity contribution is 9.10. The van der Waals surface area contributed by atoms with Crippen molar-refractivity contribution < 1.29 is 0 Å². The Morgan fingerprint density at radius 3 is 2.94 bits per heavy atom. The van der Waals surface area contributed by atoms with Crippen LogP contribution in [-0.2, 0) is 6.54 Å². The van der Waals surface area contributed by atoms with Crippen LogP contribution in [0, 0.1) is 6.92 Å². The van der Waals surface area contributed by atoms with Crippen molar-refractivity contribution in [2.45, 2.75) is 13.5 Å². The van der Waals surface area contributed by atoms with Crippen LogP contribution in [0.5, 0.6) is 0 Å². The van der Waals surface area contributed by atoms with E-state index in [0.717, 1.165) is 28.1 Å². The molecular formula is C11H12BrN3S. The van der Waals surface area contributed by atoms with Gasteiger partial charge in [-0.15, -0.1) is 11.3 Å². The summed E-state index contributed by atoms with van der Waals surface area (Å²) in [6.45, 7) is 2.76. The van der Waals surface area contributed by atoms with Gasteiger partial charge in [-0.05, 0) is 40.5 Å². The number of aryl methyl sites for hydroxylation is 1. The first-order chi connectivity index (χ1) is 7.65. The second-order valence-electron chi connectivity index (χ2n) is 3.51. The molecule has 0 fully saturated rings. The van der Waals surface area contributed by atoms with Gasteiger partial charge in [0, 0.05) is 14.7 Å². The maximum atomic E-state index is 5.70. The molecule has 3 nitrogen and oxygen atoms in total. The Balaban J connectivity index is 2.02. The standard InChI is InChI=1S/C11H12BrN3S/c1-7-2-11(15-5-10(7)13)14-4-9-3-8(12)6-16-9/h2-3,5-6H,4,13H2,1H3,(H,14,15). The Kier molecular flexibility index (Phi) is 3.46. The van der Waals surface area contributed by atoms with Crippen LogP contribution in [-0.4, -0.2) is 4.98 Å². The third-order valence-corrected chi connectivity index (χ3v) is 3.91. The van der Waals surface area contributed by atoms with Crippen LogP contribution in [0.2, 0.25) is 0 Å². The molecule has 0 amide bonds. The van der Waals surface area contributed by atoms with Crippen molar-refractivity contribution in [1.29, 1.82) is 0 Å². The molecule has 0 aliphatic rings. The van der Waals surface area contributed by atoms with Gasteiger partial charge in [-0.25, -0.2) is 4.98 Å². The third-order valence-electron chi connectivity index (χ3n) is 2.22. The summed E-state index contributed by atoms with van der Waals surface area (Å²) < 4.78 is 1.12. The van der Waals surface area contributed by atoms with Gasteiger partial charge >= 0.3 is 0 Å². The zero-order chi connectivity index (χ0) is 11.5. The van der Waals surface area contributed by atoms with E-state index in [4.69, 9.17) is 5.73 Å². The van der Waals surface area contributed by atoms with Gasteiger partial charge in [0.2, 0.25) is 0 Å². The molecule has 0 radical (unpaired) electrons. The number of thiophene rings is 1. The van der Waals surface area contributed by atoms with Crippen molar-refractivity contribution in [1.82, 2.24) is 4.98 Å². The first-order valence-electron chi connectivity index (χ1n) is 4.84. The van der Waals surface area contributed by atoms with E-state index in [0.29, 0.717) is 0 Å². The zero-order valence-corrected chi connectivity index (χ0v) is 11.2. The molecule has 2 aromatic rings. The average Bonchev–Trinajstić information content (AvgIpc) is 2.66. The molecule has 84 valence electrons.